The number of rotatable bonds is 1. The van der Waals surface area contributed by atoms with Crippen molar-refractivity contribution in [2.45, 2.75) is 38.2 Å². The van der Waals surface area contributed by atoms with Gasteiger partial charge >= 0.3 is 0 Å². The van der Waals surface area contributed by atoms with Gasteiger partial charge in [0.05, 0.1) is 6.20 Å². The minimum absolute atomic E-state index is 0.00340. The summed E-state index contributed by atoms with van der Waals surface area (Å²) in [5.41, 5.74) is 0.933. The summed E-state index contributed by atoms with van der Waals surface area (Å²) in [6, 6.07) is -0.721. The van der Waals surface area contributed by atoms with Gasteiger partial charge in [0, 0.05) is 12.6 Å². The fourth-order valence-corrected chi connectivity index (χ4v) is 1.84. The van der Waals surface area contributed by atoms with Crippen molar-refractivity contribution >= 4 is 0 Å². The van der Waals surface area contributed by atoms with E-state index < -0.39 is 12.0 Å². The van der Waals surface area contributed by atoms with E-state index in [0.29, 0.717) is 12.8 Å². The molecular weight excluding hydrogens is 174 g/mol. The van der Waals surface area contributed by atoms with Crippen molar-refractivity contribution in [3.8, 4) is 0 Å². The molecule has 1 aliphatic rings. The van der Waals surface area contributed by atoms with Gasteiger partial charge in [-0.3, -0.25) is 4.68 Å². The van der Waals surface area contributed by atoms with Gasteiger partial charge in [-0.1, -0.05) is 0 Å². The van der Waals surface area contributed by atoms with Gasteiger partial charge in [-0.2, -0.15) is 5.10 Å². The number of nitrogens with zero attached hydrogens (tertiary/aromatic N) is 2. The Balaban J connectivity index is 2.26. The van der Waals surface area contributed by atoms with E-state index in [1.807, 2.05) is 6.92 Å². The van der Waals surface area contributed by atoms with Crippen LogP contribution >= 0.6 is 0 Å². The van der Waals surface area contributed by atoms with Gasteiger partial charge in [-0.15, -0.1) is 0 Å². The molecule has 1 unspecified atom stereocenters. The second-order valence-electron chi connectivity index (χ2n) is 3.67. The lowest BCUT2D eigenvalue weighted by Gasteiger charge is -2.18. The summed E-state index contributed by atoms with van der Waals surface area (Å²) in [5, 5.41) is 3.93. The Morgan fingerprint density at radius 3 is 2.85 bits per heavy atom. The quantitative estimate of drug-likeness (QED) is 0.659. The van der Waals surface area contributed by atoms with E-state index in [-0.39, 0.29) is 6.42 Å². The zero-order valence-electron chi connectivity index (χ0n) is 7.50. The molecule has 1 heterocycles. The molecule has 1 aromatic rings. The standard InChI is InChI=1S/C9H12F2N2/c1-7-5-12-13(6-7)8-3-2-4-9(8,10)11/h5-6,8H,2-4H2,1H3. The van der Waals surface area contributed by atoms with Crippen LogP contribution in [0.1, 0.15) is 30.9 Å². The largest absolute Gasteiger partial charge is 0.270 e. The topological polar surface area (TPSA) is 17.8 Å². The minimum atomic E-state index is -2.57. The van der Waals surface area contributed by atoms with Gasteiger partial charge in [0.2, 0.25) is 0 Å². The average molecular weight is 186 g/mol. The second kappa shape index (κ2) is 2.79. The summed E-state index contributed by atoms with van der Waals surface area (Å²) < 4.78 is 27.9. The van der Waals surface area contributed by atoms with Gasteiger partial charge < -0.3 is 0 Å². The highest BCUT2D eigenvalue weighted by atomic mass is 19.3. The number of aryl methyl sites for hydroxylation is 1. The Kier molecular flexibility index (Phi) is 1.86. The minimum Gasteiger partial charge on any atom is -0.263 e. The zero-order valence-corrected chi connectivity index (χ0v) is 7.50. The van der Waals surface area contributed by atoms with E-state index in [9.17, 15) is 8.78 Å². The Morgan fingerprint density at radius 1 is 1.62 bits per heavy atom. The molecule has 0 N–H and O–H groups in total. The Hall–Kier alpha value is -0.930. The SMILES string of the molecule is Cc1cnn(C2CCCC2(F)F)c1. The summed E-state index contributed by atoms with van der Waals surface area (Å²) in [7, 11) is 0. The highest BCUT2D eigenvalue weighted by molar-refractivity contribution is 5.02. The molecule has 72 valence electrons. The summed E-state index contributed by atoms with van der Waals surface area (Å²) >= 11 is 0. The smallest absolute Gasteiger partial charge is 0.263 e. The van der Waals surface area contributed by atoms with Gasteiger partial charge in [0.25, 0.3) is 5.92 Å². The summed E-state index contributed by atoms with van der Waals surface area (Å²) in [4.78, 5) is 0. The molecule has 2 nitrogen and oxygen atoms in total. The van der Waals surface area contributed by atoms with E-state index >= 15 is 0 Å². The fraction of sp³-hybridized carbons (Fsp3) is 0.667. The lowest BCUT2D eigenvalue weighted by atomic mass is 10.2. The summed E-state index contributed by atoms with van der Waals surface area (Å²) in [6.45, 7) is 1.86. The fourth-order valence-electron chi connectivity index (χ4n) is 1.84. The first-order valence-electron chi connectivity index (χ1n) is 4.48. The van der Waals surface area contributed by atoms with Gasteiger partial charge in [-0.05, 0) is 25.3 Å². The maximum atomic E-state index is 13.2. The monoisotopic (exact) mass is 186 g/mol. The maximum absolute atomic E-state index is 13.2. The lowest BCUT2D eigenvalue weighted by molar-refractivity contribution is -0.0343. The van der Waals surface area contributed by atoms with Crippen LogP contribution in [0, 0.1) is 6.92 Å². The lowest BCUT2D eigenvalue weighted by Crippen LogP contribution is -2.25. The number of alkyl halides is 2. The molecule has 0 aliphatic heterocycles. The molecule has 1 aliphatic carbocycles. The third-order valence-corrected chi connectivity index (χ3v) is 2.53. The molecule has 0 spiro atoms. The van der Waals surface area contributed by atoms with Gasteiger partial charge in [-0.25, -0.2) is 8.78 Å². The van der Waals surface area contributed by atoms with Gasteiger partial charge in [0.1, 0.15) is 6.04 Å². The molecule has 1 atom stereocenters. The summed E-state index contributed by atoms with van der Waals surface area (Å²) in [5.74, 6) is -2.57. The molecule has 0 bridgehead atoms. The predicted molar refractivity (Wildman–Crippen MR) is 44.8 cm³/mol. The van der Waals surface area contributed by atoms with Crippen LogP contribution in [0.15, 0.2) is 12.4 Å². The Bertz CT molecular complexity index is 306. The molecule has 1 aromatic heterocycles. The molecule has 13 heavy (non-hydrogen) atoms. The van der Waals surface area contributed by atoms with Crippen molar-refractivity contribution in [1.82, 2.24) is 9.78 Å². The average Bonchev–Trinajstić information content (AvgIpc) is 2.56. The van der Waals surface area contributed by atoms with Crippen LogP contribution in [-0.2, 0) is 0 Å². The van der Waals surface area contributed by atoms with E-state index in [1.54, 1.807) is 12.4 Å². The summed E-state index contributed by atoms with van der Waals surface area (Å²) in [6.07, 6.45) is 4.43. The van der Waals surface area contributed by atoms with Gasteiger partial charge in [0.15, 0.2) is 0 Å². The molecule has 2 rings (SSSR count). The normalized spacial score (nSPS) is 26.5. The van der Waals surface area contributed by atoms with Crippen LogP contribution in [0.4, 0.5) is 8.78 Å². The Labute approximate surface area is 75.6 Å². The molecule has 0 amide bonds. The van der Waals surface area contributed by atoms with E-state index in [4.69, 9.17) is 0 Å². The van der Waals surface area contributed by atoms with E-state index in [0.717, 1.165) is 5.56 Å². The van der Waals surface area contributed by atoms with Crippen LogP contribution in [0.3, 0.4) is 0 Å². The third-order valence-electron chi connectivity index (χ3n) is 2.53. The predicted octanol–water partition coefficient (Wildman–Crippen LogP) is 2.55. The molecule has 0 radical (unpaired) electrons. The van der Waals surface area contributed by atoms with Crippen LogP contribution in [0.2, 0.25) is 0 Å². The molecule has 0 aromatic carbocycles. The zero-order chi connectivity index (χ0) is 9.47. The van der Waals surface area contributed by atoms with Crippen molar-refractivity contribution in [3.63, 3.8) is 0 Å². The van der Waals surface area contributed by atoms with Crippen LogP contribution < -0.4 is 0 Å². The van der Waals surface area contributed by atoms with Crippen LogP contribution in [0.25, 0.3) is 0 Å². The number of halogens is 2. The van der Waals surface area contributed by atoms with Crippen LogP contribution in [0.5, 0.6) is 0 Å². The molecule has 1 fully saturated rings. The Morgan fingerprint density at radius 2 is 2.38 bits per heavy atom. The van der Waals surface area contributed by atoms with Crippen molar-refractivity contribution in [2.75, 3.05) is 0 Å². The number of hydrogen-bond acceptors (Lipinski definition) is 1. The highest BCUT2D eigenvalue weighted by Crippen LogP contribution is 2.43. The first-order chi connectivity index (χ1) is 6.09. The van der Waals surface area contributed by atoms with Crippen LogP contribution in [-0.4, -0.2) is 15.7 Å². The maximum Gasteiger partial charge on any atom is 0.270 e. The molecule has 0 saturated heterocycles. The number of aromatic nitrogens is 2. The first-order valence-corrected chi connectivity index (χ1v) is 4.48. The van der Waals surface area contributed by atoms with E-state index in [2.05, 4.69) is 5.10 Å². The van der Waals surface area contributed by atoms with Crippen molar-refractivity contribution in [1.29, 1.82) is 0 Å². The second-order valence-corrected chi connectivity index (χ2v) is 3.67. The van der Waals surface area contributed by atoms with Crippen molar-refractivity contribution < 1.29 is 8.78 Å². The third kappa shape index (κ3) is 1.45. The van der Waals surface area contributed by atoms with E-state index in [1.165, 1.54) is 4.68 Å². The highest BCUT2D eigenvalue weighted by Gasteiger charge is 2.45. The van der Waals surface area contributed by atoms with Crippen molar-refractivity contribution in [2.24, 2.45) is 0 Å². The molecular formula is C9H12F2N2. The number of hydrogen-bond donors (Lipinski definition) is 0. The van der Waals surface area contributed by atoms with Crippen molar-refractivity contribution in [3.05, 3.63) is 18.0 Å². The molecule has 1 saturated carbocycles. The molecule has 4 heteroatoms. The first kappa shape index (κ1) is 8.66.